The van der Waals surface area contributed by atoms with Crippen LogP contribution in [0, 0.1) is 13.8 Å². The lowest BCUT2D eigenvalue weighted by Crippen LogP contribution is -2.34. The highest BCUT2D eigenvalue weighted by Gasteiger charge is 2.11. The monoisotopic (exact) mass is 378 g/mol. The Morgan fingerprint density at radius 3 is 2.57 bits per heavy atom. The Bertz CT molecular complexity index is 962. The van der Waals surface area contributed by atoms with Gasteiger partial charge in [0.05, 0.1) is 0 Å². The van der Waals surface area contributed by atoms with Crippen LogP contribution in [0.4, 0.5) is 23.0 Å². The number of amides is 1. The van der Waals surface area contributed by atoms with Gasteiger partial charge in [0.2, 0.25) is 0 Å². The summed E-state index contributed by atoms with van der Waals surface area (Å²) in [6, 6.07) is 15.1. The lowest BCUT2D eigenvalue weighted by Gasteiger charge is -2.14. The third kappa shape index (κ3) is 4.88. The Labute approximate surface area is 163 Å². The minimum atomic E-state index is -0.370. The van der Waals surface area contributed by atoms with E-state index in [0.717, 1.165) is 11.3 Å². The number of hydrogen-bond acceptors (Lipinski definition) is 7. The standard InChI is InChI=1S/C20H22N6O2/c1-13-8-9-16(14(2)10-13)24-19-18(21)20(23-12-22-19)26-25-17(27)11-28-15-6-4-3-5-7-15/h3-10,12H,11,21H2,1-2H3,(H,25,27)(H2,22,23,24,26). The molecule has 1 amide bonds. The van der Waals surface area contributed by atoms with E-state index in [1.54, 1.807) is 12.1 Å². The number of aromatic nitrogens is 2. The molecular formula is C20H22N6O2. The number of anilines is 4. The first-order valence-corrected chi connectivity index (χ1v) is 8.70. The number of hydrogen-bond donors (Lipinski definition) is 4. The first kappa shape index (κ1) is 19.0. The summed E-state index contributed by atoms with van der Waals surface area (Å²) in [6.07, 6.45) is 1.36. The Hall–Kier alpha value is -3.81. The average Bonchev–Trinajstić information content (AvgIpc) is 2.69. The van der Waals surface area contributed by atoms with Crippen molar-refractivity contribution >= 4 is 28.9 Å². The molecule has 0 bridgehead atoms. The Balaban J connectivity index is 1.60. The summed E-state index contributed by atoms with van der Waals surface area (Å²) in [5.41, 5.74) is 14.8. The number of para-hydroxylation sites is 1. The van der Waals surface area contributed by atoms with Crippen LogP contribution in [-0.2, 0) is 4.79 Å². The minimum absolute atomic E-state index is 0.143. The van der Waals surface area contributed by atoms with Gasteiger partial charge in [0.25, 0.3) is 5.91 Å². The van der Waals surface area contributed by atoms with Gasteiger partial charge in [0, 0.05) is 5.69 Å². The summed E-state index contributed by atoms with van der Waals surface area (Å²) >= 11 is 0. The highest BCUT2D eigenvalue weighted by atomic mass is 16.5. The van der Waals surface area contributed by atoms with Crippen LogP contribution >= 0.6 is 0 Å². The molecule has 0 saturated heterocycles. The van der Waals surface area contributed by atoms with Crippen LogP contribution in [0.2, 0.25) is 0 Å². The number of aryl methyl sites for hydroxylation is 2. The van der Waals surface area contributed by atoms with Crippen molar-refractivity contribution in [3.63, 3.8) is 0 Å². The van der Waals surface area contributed by atoms with Crippen LogP contribution in [0.15, 0.2) is 54.9 Å². The van der Waals surface area contributed by atoms with E-state index in [1.807, 2.05) is 44.2 Å². The van der Waals surface area contributed by atoms with Crippen LogP contribution in [0.1, 0.15) is 11.1 Å². The molecule has 0 saturated carbocycles. The topological polar surface area (TPSA) is 114 Å². The quantitative estimate of drug-likeness (QED) is 0.467. The number of carbonyl (C=O) groups excluding carboxylic acids is 1. The molecule has 0 spiro atoms. The van der Waals surface area contributed by atoms with Crippen LogP contribution in [0.3, 0.4) is 0 Å². The maximum atomic E-state index is 12.0. The van der Waals surface area contributed by atoms with Crippen molar-refractivity contribution in [3.8, 4) is 5.75 Å². The van der Waals surface area contributed by atoms with Crippen molar-refractivity contribution in [3.05, 3.63) is 66.0 Å². The predicted octanol–water partition coefficient (Wildman–Crippen LogP) is 2.94. The fourth-order valence-corrected chi connectivity index (χ4v) is 2.51. The molecule has 0 aliphatic heterocycles. The molecule has 1 heterocycles. The summed E-state index contributed by atoms with van der Waals surface area (Å²) in [6.45, 7) is 3.89. The van der Waals surface area contributed by atoms with E-state index < -0.39 is 0 Å². The first-order valence-electron chi connectivity index (χ1n) is 8.70. The summed E-state index contributed by atoms with van der Waals surface area (Å²) in [7, 11) is 0. The Kier molecular flexibility index (Phi) is 5.91. The van der Waals surface area contributed by atoms with Crippen molar-refractivity contribution < 1.29 is 9.53 Å². The number of rotatable bonds is 7. The lowest BCUT2D eigenvalue weighted by molar-refractivity contribution is -0.122. The van der Waals surface area contributed by atoms with Crippen molar-refractivity contribution in [1.82, 2.24) is 15.4 Å². The number of ether oxygens (including phenoxy) is 1. The second-order valence-electron chi connectivity index (χ2n) is 6.20. The van der Waals surface area contributed by atoms with Crippen molar-refractivity contribution in [1.29, 1.82) is 0 Å². The molecule has 0 atom stereocenters. The van der Waals surface area contributed by atoms with Gasteiger partial charge in [-0.3, -0.25) is 15.6 Å². The van der Waals surface area contributed by atoms with Crippen LogP contribution in [0.25, 0.3) is 0 Å². The van der Waals surface area contributed by atoms with Gasteiger partial charge in [0.15, 0.2) is 18.2 Å². The normalized spacial score (nSPS) is 10.2. The maximum Gasteiger partial charge on any atom is 0.276 e. The van der Waals surface area contributed by atoms with Gasteiger partial charge in [-0.2, -0.15) is 0 Å². The van der Waals surface area contributed by atoms with E-state index in [9.17, 15) is 4.79 Å². The van der Waals surface area contributed by atoms with Gasteiger partial charge in [0.1, 0.15) is 17.8 Å². The highest BCUT2D eigenvalue weighted by Crippen LogP contribution is 2.27. The Morgan fingerprint density at radius 2 is 1.82 bits per heavy atom. The molecule has 8 heteroatoms. The molecule has 0 fully saturated rings. The molecule has 8 nitrogen and oxygen atoms in total. The van der Waals surface area contributed by atoms with Gasteiger partial charge >= 0.3 is 0 Å². The smallest absolute Gasteiger partial charge is 0.276 e. The number of nitrogen functional groups attached to an aromatic ring is 1. The van der Waals surface area contributed by atoms with Crippen LogP contribution in [-0.4, -0.2) is 22.5 Å². The minimum Gasteiger partial charge on any atom is -0.484 e. The highest BCUT2D eigenvalue weighted by molar-refractivity contribution is 5.82. The Morgan fingerprint density at radius 1 is 1.07 bits per heavy atom. The number of nitrogens with two attached hydrogens (primary N) is 1. The molecule has 0 unspecified atom stereocenters. The van der Waals surface area contributed by atoms with Crippen molar-refractivity contribution in [2.24, 2.45) is 0 Å². The van der Waals surface area contributed by atoms with Gasteiger partial charge in [-0.25, -0.2) is 9.97 Å². The second-order valence-corrected chi connectivity index (χ2v) is 6.20. The molecular weight excluding hydrogens is 356 g/mol. The van der Waals surface area contributed by atoms with E-state index in [4.69, 9.17) is 10.5 Å². The summed E-state index contributed by atoms with van der Waals surface area (Å²) in [5.74, 6) is 0.972. The molecule has 3 rings (SSSR count). The third-order valence-electron chi connectivity index (χ3n) is 3.95. The molecule has 144 valence electrons. The third-order valence-corrected chi connectivity index (χ3v) is 3.95. The van der Waals surface area contributed by atoms with E-state index in [-0.39, 0.29) is 24.0 Å². The van der Waals surface area contributed by atoms with Crippen LogP contribution < -0.4 is 26.6 Å². The summed E-state index contributed by atoms with van der Waals surface area (Å²) < 4.78 is 5.38. The van der Waals surface area contributed by atoms with Crippen molar-refractivity contribution in [2.45, 2.75) is 13.8 Å². The zero-order chi connectivity index (χ0) is 19.9. The zero-order valence-electron chi connectivity index (χ0n) is 15.7. The molecule has 2 aromatic carbocycles. The van der Waals surface area contributed by atoms with Gasteiger partial charge in [-0.15, -0.1) is 0 Å². The maximum absolute atomic E-state index is 12.0. The van der Waals surface area contributed by atoms with E-state index in [0.29, 0.717) is 11.6 Å². The SMILES string of the molecule is Cc1ccc(Nc2ncnc(NNC(=O)COc3ccccc3)c2N)c(C)c1. The molecule has 1 aromatic heterocycles. The van der Waals surface area contributed by atoms with Gasteiger partial charge in [-0.1, -0.05) is 35.9 Å². The van der Waals surface area contributed by atoms with E-state index in [1.165, 1.54) is 11.9 Å². The van der Waals surface area contributed by atoms with Crippen LogP contribution in [0.5, 0.6) is 5.75 Å². The predicted molar refractivity (Wildman–Crippen MR) is 109 cm³/mol. The average molecular weight is 378 g/mol. The number of carbonyl (C=O) groups is 1. The number of benzene rings is 2. The largest absolute Gasteiger partial charge is 0.484 e. The molecule has 3 aromatic rings. The first-order chi connectivity index (χ1) is 13.5. The van der Waals surface area contributed by atoms with Crippen molar-refractivity contribution in [2.75, 3.05) is 23.1 Å². The molecule has 0 aliphatic rings. The number of nitrogens with one attached hydrogen (secondary N) is 3. The fraction of sp³-hybridized carbons (Fsp3) is 0.150. The number of nitrogens with zero attached hydrogens (tertiary/aromatic N) is 2. The van der Waals surface area contributed by atoms with E-state index >= 15 is 0 Å². The summed E-state index contributed by atoms with van der Waals surface area (Å²) in [5, 5.41) is 3.19. The molecule has 28 heavy (non-hydrogen) atoms. The fourth-order valence-electron chi connectivity index (χ4n) is 2.51. The lowest BCUT2D eigenvalue weighted by atomic mass is 10.1. The van der Waals surface area contributed by atoms with Gasteiger partial charge in [-0.05, 0) is 37.6 Å². The number of hydrazine groups is 1. The molecule has 5 N–H and O–H groups in total. The second kappa shape index (κ2) is 8.72. The zero-order valence-corrected chi connectivity index (χ0v) is 15.7. The van der Waals surface area contributed by atoms with E-state index in [2.05, 4.69) is 32.2 Å². The molecule has 0 radical (unpaired) electrons. The summed E-state index contributed by atoms with van der Waals surface area (Å²) in [4.78, 5) is 20.2. The molecule has 0 aliphatic carbocycles. The van der Waals surface area contributed by atoms with Gasteiger partial charge < -0.3 is 15.8 Å².